The van der Waals surface area contributed by atoms with Crippen molar-refractivity contribution in [3.63, 3.8) is 0 Å². The Labute approximate surface area is 180 Å². The van der Waals surface area contributed by atoms with Gasteiger partial charge in [0.05, 0.1) is 23.6 Å². The molecule has 0 aliphatic rings. The number of nitrogens with zero attached hydrogens (tertiary/aromatic N) is 1. The van der Waals surface area contributed by atoms with Crippen molar-refractivity contribution in [2.24, 2.45) is 0 Å². The molecule has 156 valence electrons. The van der Waals surface area contributed by atoms with E-state index in [1.165, 1.54) is 0 Å². The highest BCUT2D eigenvalue weighted by Gasteiger charge is 2.27. The first-order valence-corrected chi connectivity index (χ1v) is 10.9. The van der Waals surface area contributed by atoms with Crippen LogP contribution in [0.15, 0.2) is 30.3 Å². The van der Waals surface area contributed by atoms with Crippen molar-refractivity contribution in [3.8, 4) is 11.1 Å². The summed E-state index contributed by atoms with van der Waals surface area (Å²) in [7, 11) is 0. The number of pyridine rings is 1. The van der Waals surface area contributed by atoms with Gasteiger partial charge in [0.2, 0.25) is 0 Å². The first-order valence-electron chi connectivity index (χ1n) is 10.5. The fourth-order valence-electron chi connectivity index (χ4n) is 3.36. The number of carbonyl (C=O) groups excluding carboxylic acids is 1. The highest BCUT2D eigenvalue weighted by atomic mass is 35.5. The second-order valence-corrected chi connectivity index (χ2v) is 8.21. The number of ether oxygens (including phenoxy) is 1. The van der Waals surface area contributed by atoms with Gasteiger partial charge in [0.15, 0.2) is 0 Å². The molecule has 0 radical (unpaired) electrons. The molecule has 0 atom stereocenters. The van der Waals surface area contributed by atoms with Crippen molar-refractivity contribution in [1.29, 1.82) is 0 Å². The number of benzene rings is 1. The number of rotatable bonds is 8. The maximum atomic E-state index is 13.1. The van der Waals surface area contributed by atoms with E-state index in [-0.39, 0.29) is 17.8 Å². The summed E-state index contributed by atoms with van der Waals surface area (Å²) < 4.78 is 5.46. The number of allylic oxidation sites excluding steroid dienone is 1. The van der Waals surface area contributed by atoms with Gasteiger partial charge in [-0.15, -0.1) is 0 Å². The molecule has 4 heteroatoms. The Morgan fingerprint density at radius 3 is 2.21 bits per heavy atom. The lowest BCUT2D eigenvalue weighted by Crippen LogP contribution is -2.16. The number of hydrogen-bond acceptors (Lipinski definition) is 3. The summed E-state index contributed by atoms with van der Waals surface area (Å²) in [4.78, 5) is 18.1. The number of esters is 1. The minimum Gasteiger partial charge on any atom is -0.462 e. The second kappa shape index (κ2) is 10.6. The average molecular weight is 414 g/mol. The molecule has 0 amide bonds. The Hall–Kier alpha value is -2.13. The summed E-state index contributed by atoms with van der Waals surface area (Å²) in [6, 6.07) is 7.64. The van der Waals surface area contributed by atoms with Gasteiger partial charge in [0.25, 0.3) is 0 Å². The predicted octanol–water partition coefficient (Wildman–Crippen LogP) is 7.64. The van der Waals surface area contributed by atoms with Crippen molar-refractivity contribution in [3.05, 3.63) is 57.9 Å². The normalized spacial score (nSPS) is 11.6. The number of carbonyl (C=O) groups is 1. The number of hydrogen-bond donors (Lipinski definition) is 0. The minimum atomic E-state index is -0.325. The summed E-state index contributed by atoms with van der Waals surface area (Å²) in [5.74, 6) is -0.0169. The van der Waals surface area contributed by atoms with Gasteiger partial charge in [0, 0.05) is 16.1 Å². The minimum absolute atomic E-state index is 0.0895. The topological polar surface area (TPSA) is 39.2 Å². The van der Waals surface area contributed by atoms with Crippen molar-refractivity contribution < 1.29 is 9.53 Å². The molecule has 0 aliphatic carbocycles. The van der Waals surface area contributed by atoms with Gasteiger partial charge >= 0.3 is 5.97 Å². The molecule has 3 nitrogen and oxygen atoms in total. The molecule has 0 saturated heterocycles. The van der Waals surface area contributed by atoms with Gasteiger partial charge in [0.1, 0.15) is 0 Å². The van der Waals surface area contributed by atoms with Crippen LogP contribution in [-0.2, 0) is 4.74 Å². The lowest BCUT2D eigenvalue weighted by molar-refractivity contribution is 0.0525. The van der Waals surface area contributed by atoms with Crippen LogP contribution in [0, 0.1) is 0 Å². The van der Waals surface area contributed by atoms with E-state index < -0.39 is 0 Å². The number of halogens is 1. The molecule has 0 N–H and O–H groups in total. The van der Waals surface area contributed by atoms with Crippen molar-refractivity contribution >= 4 is 23.6 Å². The van der Waals surface area contributed by atoms with Crippen LogP contribution in [0.1, 0.15) is 93.5 Å². The van der Waals surface area contributed by atoms with Crippen molar-refractivity contribution in [2.45, 2.75) is 66.2 Å². The van der Waals surface area contributed by atoms with Crippen LogP contribution in [0.2, 0.25) is 5.02 Å². The average Bonchev–Trinajstić information content (AvgIpc) is 2.68. The molecular formula is C25H32ClNO2. The fourth-order valence-corrected chi connectivity index (χ4v) is 3.48. The lowest BCUT2D eigenvalue weighted by Gasteiger charge is -2.22. The van der Waals surface area contributed by atoms with E-state index in [2.05, 4.69) is 46.8 Å². The third-order valence-corrected chi connectivity index (χ3v) is 4.99. The van der Waals surface area contributed by atoms with Gasteiger partial charge in [-0.05, 0) is 42.9 Å². The van der Waals surface area contributed by atoms with Gasteiger partial charge in [-0.2, -0.15) is 0 Å². The molecule has 0 fully saturated rings. The fraction of sp³-hybridized carbons (Fsp3) is 0.440. The molecule has 0 spiro atoms. The quantitative estimate of drug-likeness (QED) is 0.417. The standard InChI is InChI=1S/C25H32ClNO2/c1-7-9-10-11-20-21(18-12-14-19(26)15-13-18)22(25(28)29-8-2)24(17(5)6)27-23(20)16(3)4/h10-17H,7-9H2,1-6H3. The lowest BCUT2D eigenvalue weighted by atomic mass is 9.87. The SMILES string of the molecule is CCCC=Cc1c(C(C)C)nc(C(C)C)c(C(=O)OCC)c1-c1ccc(Cl)cc1. The zero-order valence-electron chi connectivity index (χ0n) is 18.4. The van der Waals surface area contributed by atoms with E-state index in [0.717, 1.165) is 40.9 Å². The van der Waals surface area contributed by atoms with Crippen LogP contribution in [0.3, 0.4) is 0 Å². The molecular weight excluding hydrogens is 382 g/mol. The Morgan fingerprint density at radius 1 is 1.07 bits per heavy atom. The van der Waals surface area contributed by atoms with Crippen LogP contribution in [0.4, 0.5) is 0 Å². The summed E-state index contributed by atoms with van der Waals surface area (Å²) in [6.45, 7) is 12.7. The van der Waals surface area contributed by atoms with Gasteiger partial charge in [-0.1, -0.05) is 76.9 Å². The summed E-state index contributed by atoms with van der Waals surface area (Å²) in [5.41, 5.74) is 5.16. The van der Waals surface area contributed by atoms with Gasteiger partial charge < -0.3 is 4.74 Å². The molecule has 2 rings (SSSR count). The third-order valence-electron chi connectivity index (χ3n) is 4.74. The predicted molar refractivity (Wildman–Crippen MR) is 123 cm³/mol. The van der Waals surface area contributed by atoms with Crippen LogP contribution in [0.25, 0.3) is 17.2 Å². The number of unbranched alkanes of at least 4 members (excludes halogenated alkanes) is 1. The van der Waals surface area contributed by atoms with Crippen LogP contribution in [0.5, 0.6) is 0 Å². The molecule has 0 saturated carbocycles. The van der Waals surface area contributed by atoms with Crippen LogP contribution >= 0.6 is 11.6 Å². The Morgan fingerprint density at radius 2 is 1.69 bits per heavy atom. The largest absolute Gasteiger partial charge is 0.462 e. The van der Waals surface area contributed by atoms with E-state index in [0.29, 0.717) is 17.2 Å². The highest BCUT2D eigenvalue weighted by Crippen LogP contribution is 2.38. The van der Waals surface area contributed by atoms with E-state index >= 15 is 0 Å². The summed E-state index contributed by atoms with van der Waals surface area (Å²) in [6.07, 6.45) is 6.30. The molecule has 1 heterocycles. The second-order valence-electron chi connectivity index (χ2n) is 7.77. The number of aromatic nitrogens is 1. The molecule has 0 aliphatic heterocycles. The molecule has 29 heavy (non-hydrogen) atoms. The highest BCUT2D eigenvalue weighted by molar-refractivity contribution is 6.30. The van der Waals surface area contributed by atoms with Gasteiger partial charge in [-0.25, -0.2) is 4.79 Å². The molecule has 0 unspecified atom stereocenters. The molecule has 0 bridgehead atoms. The molecule has 1 aromatic heterocycles. The monoisotopic (exact) mass is 413 g/mol. The van der Waals surface area contributed by atoms with E-state index in [1.54, 1.807) is 0 Å². The first kappa shape index (κ1) is 23.2. The summed E-state index contributed by atoms with van der Waals surface area (Å²) >= 11 is 6.14. The molecule has 1 aromatic carbocycles. The first-order chi connectivity index (χ1) is 13.8. The Kier molecular flexibility index (Phi) is 8.45. The van der Waals surface area contributed by atoms with Crippen molar-refractivity contribution in [2.75, 3.05) is 6.61 Å². The van der Waals surface area contributed by atoms with Crippen molar-refractivity contribution in [1.82, 2.24) is 4.98 Å². The Balaban J connectivity index is 2.96. The third kappa shape index (κ3) is 5.48. The van der Waals surface area contributed by atoms with E-state index in [9.17, 15) is 4.79 Å². The van der Waals surface area contributed by atoms with Crippen LogP contribution < -0.4 is 0 Å². The zero-order chi connectivity index (χ0) is 21.6. The maximum Gasteiger partial charge on any atom is 0.340 e. The van der Waals surface area contributed by atoms with Crippen LogP contribution in [-0.4, -0.2) is 17.6 Å². The zero-order valence-corrected chi connectivity index (χ0v) is 19.1. The molecule has 2 aromatic rings. The Bertz CT molecular complexity index is 867. The summed E-state index contributed by atoms with van der Waals surface area (Å²) in [5, 5.41) is 0.664. The smallest absolute Gasteiger partial charge is 0.340 e. The van der Waals surface area contributed by atoms with Gasteiger partial charge in [-0.3, -0.25) is 4.98 Å². The van der Waals surface area contributed by atoms with E-state index in [1.807, 2.05) is 31.2 Å². The van der Waals surface area contributed by atoms with E-state index in [4.69, 9.17) is 21.3 Å². The maximum absolute atomic E-state index is 13.1.